The van der Waals surface area contributed by atoms with Gasteiger partial charge < -0.3 is 19.7 Å². The first-order chi connectivity index (χ1) is 10.1. The number of hydrogen-bond donors (Lipinski definition) is 2. The second-order valence-electron chi connectivity index (χ2n) is 5.11. The molecule has 1 saturated heterocycles. The number of carboxylic acid groups (broad SMARTS) is 1. The summed E-state index contributed by atoms with van der Waals surface area (Å²) in [5, 5.41) is 19.3. The first kappa shape index (κ1) is 15.6. The smallest absolute Gasteiger partial charge is 0.310 e. The fraction of sp³-hybridized carbons (Fsp3) is 0.533. The van der Waals surface area contributed by atoms with Gasteiger partial charge in [0.15, 0.2) is 0 Å². The van der Waals surface area contributed by atoms with Crippen LogP contribution in [0.2, 0.25) is 0 Å². The second-order valence-corrected chi connectivity index (χ2v) is 5.11. The van der Waals surface area contributed by atoms with Gasteiger partial charge in [-0.1, -0.05) is 13.0 Å². The second kappa shape index (κ2) is 6.78. The van der Waals surface area contributed by atoms with Gasteiger partial charge in [0.25, 0.3) is 0 Å². The maximum Gasteiger partial charge on any atom is 0.310 e. The molecule has 1 fully saturated rings. The van der Waals surface area contributed by atoms with E-state index in [1.165, 1.54) is 0 Å². The van der Waals surface area contributed by atoms with Crippen LogP contribution in [0.5, 0.6) is 11.5 Å². The number of ether oxygens (including phenoxy) is 2. The van der Waals surface area contributed by atoms with Gasteiger partial charge in [-0.2, -0.15) is 0 Å². The van der Waals surface area contributed by atoms with Crippen LogP contribution >= 0.6 is 0 Å². The molecule has 2 N–H and O–H groups in total. The van der Waals surface area contributed by atoms with Gasteiger partial charge in [0, 0.05) is 24.2 Å². The van der Waals surface area contributed by atoms with Crippen molar-refractivity contribution in [3.05, 3.63) is 23.8 Å². The van der Waals surface area contributed by atoms with E-state index in [4.69, 9.17) is 9.47 Å². The number of phenols is 1. The van der Waals surface area contributed by atoms with Gasteiger partial charge in [-0.15, -0.1) is 0 Å². The zero-order chi connectivity index (χ0) is 15.4. The Morgan fingerprint density at radius 1 is 1.48 bits per heavy atom. The number of methoxy groups -OCH3 is 1. The van der Waals surface area contributed by atoms with Crippen molar-refractivity contribution < 1.29 is 24.5 Å². The molecule has 0 saturated carbocycles. The van der Waals surface area contributed by atoms with Gasteiger partial charge in [0.2, 0.25) is 0 Å². The Bertz CT molecular complexity index is 505. The average Bonchev–Trinajstić information content (AvgIpc) is 2.95. The van der Waals surface area contributed by atoms with E-state index in [1.54, 1.807) is 25.3 Å². The summed E-state index contributed by atoms with van der Waals surface area (Å²) in [6.07, 6.45) is 0. The SMILES string of the molecule is CCN(Cc1ccc(OC)cc1O)C1COCC1C(=O)O. The van der Waals surface area contributed by atoms with Gasteiger partial charge in [-0.05, 0) is 12.6 Å². The third-order valence-corrected chi connectivity index (χ3v) is 3.91. The minimum absolute atomic E-state index is 0.151. The number of rotatable bonds is 6. The fourth-order valence-electron chi connectivity index (χ4n) is 2.63. The number of carbonyl (C=O) groups is 1. The number of benzene rings is 1. The highest BCUT2D eigenvalue weighted by atomic mass is 16.5. The summed E-state index contributed by atoms with van der Waals surface area (Å²) in [6.45, 7) is 3.78. The zero-order valence-corrected chi connectivity index (χ0v) is 12.3. The van der Waals surface area contributed by atoms with Crippen LogP contribution < -0.4 is 4.74 Å². The lowest BCUT2D eigenvalue weighted by Crippen LogP contribution is -2.42. The van der Waals surface area contributed by atoms with Crippen LogP contribution in [0.3, 0.4) is 0 Å². The predicted octanol–water partition coefficient (Wildman–Crippen LogP) is 1.32. The standard InChI is InChI=1S/C15H21NO5/c1-3-16(13-9-21-8-12(13)15(18)19)7-10-4-5-11(20-2)6-14(10)17/h4-6,12-13,17H,3,7-9H2,1-2H3,(H,18,19). The highest BCUT2D eigenvalue weighted by Crippen LogP contribution is 2.27. The quantitative estimate of drug-likeness (QED) is 0.824. The molecule has 0 amide bonds. The fourth-order valence-corrected chi connectivity index (χ4v) is 2.63. The van der Waals surface area contributed by atoms with Gasteiger partial charge in [0.05, 0.1) is 26.2 Å². The minimum atomic E-state index is -0.838. The molecule has 2 unspecified atom stereocenters. The molecule has 6 nitrogen and oxygen atoms in total. The molecule has 1 aromatic rings. The van der Waals surface area contributed by atoms with Crippen LogP contribution in [-0.4, -0.2) is 54.0 Å². The van der Waals surface area contributed by atoms with Crippen LogP contribution in [-0.2, 0) is 16.1 Å². The van der Waals surface area contributed by atoms with Crippen LogP contribution in [0.1, 0.15) is 12.5 Å². The molecule has 0 radical (unpaired) electrons. The maximum absolute atomic E-state index is 11.3. The molecule has 0 aliphatic carbocycles. The highest BCUT2D eigenvalue weighted by molar-refractivity contribution is 5.71. The van der Waals surface area contributed by atoms with Crippen LogP contribution in [0.25, 0.3) is 0 Å². The van der Waals surface area contributed by atoms with Crippen LogP contribution in [0.4, 0.5) is 0 Å². The number of phenolic OH excluding ortho intramolecular Hbond substituents is 1. The molecule has 21 heavy (non-hydrogen) atoms. The zero-order valence-electron chi connectivity index (χ0n) is 12.3. The average molecular weight is 295 g/mol. The van der Waals surface area contributed by atoms with Crippen molar-refractivity contribution in [2.24, 2.45) is 5.92 Å². The predicted molar refractivity (Wildman–Crippen MR) is 76.5 cm³/mol. The number of likely N-dealkylation sites (N-methyl/N-ethyl adjacent to an activating group) is 1. The molecule has 1 heterocycles. The highest BCUT2D eigenvalue weighted by Gasteiger charge is 2.37. The largest absolute Gasteiger partial charge is 0.507 e. The number of nitrogens with zero attached hydrogens (tertiary/aromatic N) is 1. The van der Waals surface area contributed by atoms with E-state index < -0.39 is 11.9 Å². The topological polar surface area (TPSA) is 79.2 Å². The number of aliphatic carboxylic acids is 1. The van der Waals surface area contributed by atoms with E-state index in [1.807, 2.05) is 11.8 Å². The molecular formula is C15H21NO5. The maximum atomic E-state index is 11.3. The summed E-state index contributed by atoms with van der Waals surface area (Å²) in [7, 11) is 1.54. The summed E-state index contributed by atoms with van der Waals surface area (Å²) in [6, 6.07) is 4.96. The lowest BCUT2D eigenvalue weighted by molar-refractivity contribution is -0.143. The Labute approximate surface area is 123 Å². The molecule has 116 valence electrons. The molecular weight excluding hydrogens is 274 g/mol. The summed E-state index contributed by atoms with van der Waals surface area (Å²) >= 11 is 0. The third-order valence-electron chi connectivity index (χ3n) is 3.91. The lowest BCUT2D eigenvalue weighted by atomic mass is 10.0. The molecule has 6 heteroatoms. The molecule has 1 aromatic carbocycles. The molecule has 2 rings (SSSR count). The summed E-state index contributed by atoms with van der Waals surface area (Å²) in [5.41, 5.74) is 0.744. The van der Waals surface area contributed by atoms with E-state index in [0.717, 1.165) is 5.56 Å². The lowest BCUT2D eigenvalue weighted by Gasteiger charge is -2.29. The van der Waals surface area contributed by atoms with Gasteiger partial charge in [-0.3, -0.25) is 9.69 Å². The van der Waals surface area contributed by atoms with Gasteiger partial charge in [-0.25, -0.2) is 0 Å². The van der Waals surface area contributed by atoms with E-state index in [-0.39, 0.29) is 18.4 Å². The van der Waals surface area contributed by atoms with Crippen LogP contribution in [0, 0.1) is 5.92 Å². The molecule has 0 spiro atoms. The minimum Gasteiger partial charge on any atom is -0.507 e. The molecule has 0 bridgehead atoms. The van der Waals surface area contributed by atoms with Crippen molar-refractivity contribution in [1.29, 1.82) is 0 Å². The third kappa shape index (κ3) is 3.46. The normalized spacial score (nSPS) is 21.7. The molecule has 0 aromatic heterocycles. The van der Waals surface area contributed by atoms with E-state index in [0.29, 0.717) is 25.4 Å². The van der Waals surface area contributed by atoms with Crippen molar-refractivity contribution in [3.63, 3.8) is 0 Å². The summed E-state index contributed by atoms with van der Waals surface area (Å²) in [5.74, 6) is -0.620. The van der Waals surface area contributed by atoms with E-state index in [9.17, 15) is 15.0 Å². The van der Waals surface area contributed by atoms with Gasteiger partial charge in [0.1, 0.15) is 11.5 Å². The first-order valence-electron chi connectivity index (χ1n) is 6.97. The Morgan fingerprint density at radius 2 is 2.24 bits per heavy atom. The van der Waals surface area contributed by atoms with Crippen molar-refractivity contribution >= 4 is 5.97 Å². The van der Waals surface area contributed by atoms with E-state index >= 15 is 0 Å². The monoisotopic (exact) mass is 295 g/mol. The Morgan fingerprint density at radius 3 is 2.81 bits per heavy atom. The first-order valence-corrected chi connectivity index (χ1v) is 6.97. The molecule has 1 aliphatic rings. The summed E-state index contributed by atoms with van der Waals surface area (Å²) in [4.78, 5) is 13.3. The van der Waals surface area contributed by atoms with Crippen molar-refractivity contribution in [3.8, 4) is 11.5 Å². The van der Waals surface area contributed by atoms with Crippen molar-refractivity contribution in [1.82, 2.24) is 4.90 Å². The summed E-state index contributed by atoms with van der Waals surface area (Å²) < 4.78 is 10.4. The van der Waals surface area contributed by atoms with Crippen molar-refractivity contribution in [2.75, 3.05) is 26.9 Å². The van der Waals surface area contributed by atoms with Crippen LogP contribution in [0.15, 0.2) is 18.2 Å². The van der Waals surface area contributed by atoms with E-state index in [2.05, 4.69) is 0 Å². The van der Waals surface area contributed by atoms with Crippen molar-refractivity contribution in [2.45, 2.75) is 19.5 Å². The number of aromatic hydroxyl groups is 1. The number of hydrogen-bond acceptors (Lipinski definition) is 5. The molecule has 2 atom stereocenters. The Hall–Kier alpha value is -1.79. The molecule has 1 aliphatic heterocycles. The van der Waals surface area contributed by atoms with Gasteiger partial charge >= 0.3 is 5.97 Å². The Kier molecular flexibility index (Phi) is 5.03. The Balaban J connectivity index is 2.13. The number of carboxylic acids is 1.